The molecule has 0 aliphatic carbocycles. The molecule has 0 radical (unpaired) electrons. The summed E-state index contributed by atoms with van der Waals surface area (Å²) in [4.78, 5) is 27.2. The molecular weight excluding hydrogens is 439 g/mol. The molecule has 8 heteroatoms. The molecule has 1 unspecified atom stereocenters. The quantitative estimate of drug-likeness (QED) is 0.326. The molecule has 2 heterocycles. The molecule has 1 aromatic heterocycles. The maximum absolute atomic E-state index is 13.0. The third kappa shape index (κ3) is 3.59. The zero-order valence-electron chi connectivity index (χ0n) is 16.1. The van der Waals surface area contributed by atoms with Crippen LogP contribution in [0.3, 0.4) is 0 Å². The monoisotopic (exact) mass is 452 g/mol. The van der Waals surface area contributed by atoms with E-state index in [1.807, 2.05) is 6.07 Å². The van der Waals surface area contributed by atoms with Gasteiger partial charge in [-0.1, -0.05) is 23.2 Å². The average molecular weight is 453 g/mol. The average Bonchev–Trinajstić information content (AvgIpc) is 3.30. The Morgan fingerprint density at radius 2 is 1.77 bits per heavy atom. The molecule has 1 aliphatic rings. The largest absolute Gasteiger partial charge is 0.507 e. The molecule has 154 valence electrons. The van der Waals surface area contributed by atoms with E-state index in [-0.39, 0.29) is 21.2 Å². The lowest BCUT2D eigenvalue weighted by Crippen LogP contribution is -2.29. The number of benzene rings is 2. The van der Waals surface area contributed by atoms with Gasteiger partial charge in [0, 0.05) is 11.3 Å². The van der Waals surface area contributed by atoms with Crippen LogP contribution in [0.25, 0.3) is 5.76 Å². The number of furan rings is 1. The maximum Gasteiger partial charge on any atom is 0.300 e. The number of amides is 1. The number of anilines is 1. The Kier molecular flexibility index (Phi) is 5.32. The van der Waals surface area contributed by atoms with E-state index in [4.69, 9.17) is 32.9 Å². The van der Waals surface area contributed by atoms with Crippen LogP contribution in [-0.4, -0.2) is 16.8 Å². The first-order chi connectivity index (χ1) is 14.8. The number of nitriles is 1. The number of hydrogen-bond donors (Lipinski definition) is 1. The molecule has 2 aromatic carbocycles. The summed E-state index contributed by atoms with van der Waals surface area (Å²) in [6.07, 6.45) is 0. The number of carbonyl (C=O) groups excluding carboxylic acids is 2. The van der Waals surface area contributed by atoms with E-state index in [0.717, 1.165) is 0 Å². The number of nitrogens with zero attached hydrogens (tertiary/aromatic N) is 2. The fourth-order valence-electron chi connectivity index (χ4n) is 3.46. The van der Waals surface area contributed by atoms with Gasteiger partial charge in [0.25, 0.3) is 11.7 Å². The molecule has 1 amide bonds. The van der Waals surface area contributed by atoms with Gasteiger partial charge in [0.1, 0.15) is 23.3 Å². The number of ketones is 1. The van der Waals surface area contributed by atoms with Crippen molar-refractivity contribution in [3.8, 4) is 6.07 Å². The second-order valence-electron chi connectivity index (χ2n) is 6.91. The van der Waals surface area contributed by atoms with Crippen LogP contribution >= 0.6 is 23.2 Å². The Bertz CT molecular complexity index is 1290. The van der Waals surface area contributed by atoms with Crippen LogP contribution in [0.2, 0.25) is 10.0 Å². The summed E-state index contributed by atoms with van der Waals surface area (Å²) in [5.41, 5.74) is 0.887. The van der Waals surface area contributed by atoms with E-state index in [1.165, 1.54) is 35.2 Å². The second kappa shape index (κ2) is 7.95. The molecule has 31 heavy (non-hydrogen) atoms. The molecule has 0 saturated carbocycles. The van der Waals surface area contributed by atoms with Crippen molar-refractivity contribution >= 4 is 46.3 Å². The van der Waals surface area contributed by atoms with Gasteiger partial charge in [-0.15, -0.1) is 0 Å². The highest BCUT2D eigenvalue weighted by molar-refractivity contribution is 6.51. The number of aryl methyl sites for hydroxylation is 1. The van der Waals surface area contributed by atoms with Crippen LogP contribution in [0.5, 0.6) is 0 Å². The predicted octanol–water partition coefficient (Wildman–Crippen LogP) is 5.39. The zero-order valence-corrected chi connectivity index (χ0v) is 17.6. The van der Waals surface area contributed by atoms with E-state index in [1.54, 1.807) is 31.2 Å². The Labute approximate surface area is 187 Å². The number of carbonyl (C=O) groups is 2. The Morgan fingerprint density at radius 1 is 1.06 bits per heavy atom. The van der Waals surface area contributed by atoms with E-state index < -0.39 is 23.5 Å². The third-order valence-corrected chi connectivity index (χ3v) is 5.68. The lowest BCUT2D eigenvalue weighted by molar-refractivity contribution is -0.132. The molecule has 1 fully saturated rings. The molecule has 1 N–H and O–H groups in total. The number of aliphatic hydroxyl groups excluding tert-OH is 1. The minimum Gasteiger partial charge on any atom is -0.507 e. The standard InChI is InChI=1S/C23H14Cl2N2O4/c1-12-2-9-18(31-12)20-19(21(28)14-5-8-16(24)17(25)10-14)22(29)23(30)27(20)15-6-3-13(11-26)4-7-15/h2-10,20,28H,1H3/b21-19-. The van der Waals surface area contributed by atoms with Gasteiger partial charge in [-0.2, -0.15) is 5.26 Å². The Morgan fingerprint density at radius 3 is 2.35 bits per heavy atom. The Balaban J connectivity index is 1.93. The fraction of sp³-hybridized carbons (Fsp3) is 0.0870. The van der Waals surface area contributed by atoms with E-state index in [0.29, 0.717) is 22.8 Å². The number of halogens is 2. The van der Waals surface area contributed by atoms with Crippen molar-refractivity contribution in [2.45, 2.75) is 13.0 Å². The smallest absolute Gasteiger partial charge is 0.300 e. The van der Waals surface area contributed by atoms with Gasteiger partial charge in [-0.05, 0) is 61.5 Å². The summed E-state index contributed by atoms with van der Waals surface area (Å²) >= 11 is 12.0. The summed E-state index contributed by atoms with van der Waals surface area (Å²) in [6, 6.07) is 15.0. The van der Waals surface area contributed by atoms with Crippen molar-refractivity contribution in [3.05, 3.63) is 92.9 Å². The second-order valence-corrected chi connectivity index (χ2v) is 7.72. The van der Waals surface area contributed by atoms with Gasteiger partial charge >= 0.3 is 0 Å². The summed E-state index contributed by atoms with van der Waals surface area (Å²) in [5.74, 6) is -1.21. The van der Waals surface area contributed by atoms with Crippen molar-refractivity contribution in [3.63, 3.8) is 0 Å². The Hall–Kier alpha value is -3.53. The van der Waals surface area contributed by atoms with Gasteiger partial charge in [0.15, 0.2) is 0 Å². The number of rotatable bonds is 3. The minimum atomic E-state index is -1.00. The zero-order chi connectivity index (χ0) is 22.3. The molecule has 4 rings (SSSR count). The summed E-state index contributed by atoms with van der Waals surface area (Å²) in [7, 11) is 0. The molecule has 0 spiro atoms. The first-order valence-electron chi connectivity index (χ1n) is 9.14. The molecule has 0 bridgehead atoms. The van der Waals surface area contributed by atoms with Gasteiger partial charge in [-0.25, -0.2) is 0 Å². The van der Waals surface area contributed by atoms with Crippen LogP contribution in [0, 0.1) is 18.3 Å². The van der Waals surface area contributed by atoms with Crippen molar-refractivity contribution in [1.82, 2.24) is 0 Å². The van der Waals surface area contributed by atoms with Gasteiger partial charge in [0.05, 0.1) is 27.3 Å². The van der Waals surface area contributed by atoms with Crippen LogP contribution in [0.1, 0.15) is 28.7 Å². The van der Waals surface area contributed by atoms with E-state index >= 15 is 0 Å². The summed E-state index contributed by atoms with van der Waals surface area (Å²) in [6.45, 7) is 1.73. The summed E-state index contributed by atoms with van der Waals surface area (Å²) < 4.78 is 5.73. The molecule has 6 nitrogen and oxygen atoms in total. The molecular formula is C23H14Cl2N2O4. The normalized spacial score (nSPS) is 17.7. The lowest BCUT2D eigenvalue weighted by atomic mass is 9.99. The van der Waals surface area contributed by atoms with Crippen molar-refractivity contribution < 1.29 is 19.1 Å². The highest BCUT2D eigenvalue weighted by Gasteiger charge is 2.48. The van der Waals surface area contributed by atoms with Crippen molar-refractivity contribution in [2.75, 3.05) is 4.90 Å². The topological polar surface area (TPSA) is 94.5 Å². The molecule has 1 atom stereocenters. The number of hydrogen-bond acceptors (Lipinski definition) is 5. The number of aliphatic hydroxyl groups is 1. The lowest BCUT2D eigenvalue weighted by Gasteiger charge is -2.23. The first-order valence-corrected chi connectivity index (χ1v) is 9.90. The predicted molar refractivity (Wildman–Crippen MR) is 116 cm³/mol. The third-order valence-electron chi connectivity index (χ3n) is 4.94. The van der Waals surface area contributed by atoms with Gasteiger partial charge in [-0.3, -0.25) is 14.5 Å². The van der Waals surface area contributed by atoms with Crippen molar-refractivity contribution in [2.24, 2.45) is 0 Å². The minimum absolute atomic E-state index is 0.137. The van der Waals surface area contributed by atoms with E-state index in [2.05, 4.69) is 0 Å². The fourth-order valence-corrected chi connectivity index (χ4v) is 3.76. The first kappa shape index (κ1) is 20.7. The van der Waals surface area contributed by atoms with E-state index in [9.17, 15) is 14.7 Å². The maximum atomic E-state index is 13.0. The number of Topliss-reactive ketones (excluding diaryl/α,β-unsaturated/α-hetero) is 1. The van der Waals surface area contributed by atoms with Crippen LogP contribution in [0.15, 0.2) is 64.6 Å². The highest BCUT2D eigenvalue weighted by atomic mass is 35.5. The van der Waals surface area contributed by atoms with Gasteiger partial charge in [0.2, 0.25) is 0 Å². The van der Waals surface area contributed by atoms with Crippen LogP contribution in [0.4, 0.5) is 5.69 Å². The van der Waals surface area contributed by atoms with Gasteiger partial charge < -0.3 is 9.52 Å². The van der Waals surface area contributed by atoms with Crippen LogP contribution in [-0.2, 0) is 9.59 Å². The molecule has 1 saturated heterocycles. The molecule has 1 aliphatic heterocycles. The SMILES string of the molecule is Cc1ccc(C2/C(=C(/O)c3ccc(Cl)c(Cl)c3)C(=O)C(=O)N2c2ccc(C#N)cc2)o1. The summed E-state index contributed by atoms with van der Waals surface area (Å²) in [5, 5.41) is 20.5. The van der Waals surface area contributed by atoms with Crippen LogP contribution < -0.4 is 4.90 Å². The van der Waals surface area contributed by atoms with Crippen molar-refractivity contribution in [1.29, 1.82) is 5.26 Å². The highest BCUT2D eigenvalue weighted by Crippen LogP contribution is 2.43. The molecule has 3 aromatic rings.